The number of H-pyrrole nitrogens is 1. The summed E-state index contributed by atoms with van der Waals surface area (Å²) in [4.78, 5) is 12.6. The number of carbonyl (C=O) groups excluding carboxylic acids is 1. The third kappa shape index (κ3) is 0.964. The minimum absolute atomic E-state index is 0.368. The SMILES string of the molecule is O=[C]Cc1ccc[nH]1. The van der Waals surface area contributed by atoms with E-state index in [4.69, 9.17) is 0 Å². The molecule has 2 heteroatoms. The summed E-state index contributed by atoms with van der Waals surface area (Å²) in [6, 6.07) is 3.71. The molecule has 0 saturated heterocycles. The molecule has 1 rings (SSSR count). The van der Waals surface area contributed by atoms with Crippen molar-refractivity contribution in [2.45, 2.75) is 6.42 Å². The van der Waals surface area contributed by atoms with Crippen LogP contribution in [0.4, 0.5) is 0 Å². The average molecular weight is 108 g/mol. The zero-order valence-electron chi connectivity index (χ0n) is 4.35. The Morgan fingerprint density at radius 2 is 2.62 bits per heavy atom. The second-order valence-electron chi connectivity index (χ2n) is 1.52. The summed E-state index contributed by atoms with van der Waals surface area (Å²) in [6.07, 6.45) is 3.94. The van der Waals surface area contributed by atoms with Gasteiger partial charge in [-0.2, -0.15) is 0 Å². The largest absolute Gasteiger partial charge is 0.365 e. The maximum absolute atomic E-state index is 9.73. The molecule has 8 heavy (non-hydrogen) atoms. The minimum atomic E-state index is 0.368. The minimum Gasteiger partial charge on any atom is -0.365 e. The Balaban J connectivity index is 2.62. The lowest BCUT2D eigenvalue weighted by molar-refractivity contribution is 0.554. The van der Waals surface area contributed by atoms with Crippen LogP contribution < -0.4 is 0 Å². The van der Waals surface area contributed by atoms with Crippen molar-refractivity contribution in [3.8, 4) is 0 Å². The fourth-order valence-corrected chi connectivity index (χ4v) is 0.555. The molecule has 0 aliphatic heterocycles. The highest BCUT2D eigenvalue weighted by Gasteiger charge is 1.87. The second kappa shape index (κ2) is 2.31. The molecule has 0 aliphatic carbocycles. The Morgan fingerprint density at radius 1 is 1.75 bits per heavy atom. The normalized spacial score (nSPS) is 9.00. The number of nitrogens with one attached hydrogen (secondary N) is 1. The number of hydrogen-bond donors (Lipinski definition) is 1. The van der Waals surface area contributed by atoms with Crippen LogP contribution in [0.3, 0.4) is 0 Å². The Labute approximate surface area is 47.5 Å². The lowest BCUT2D eigenvalue weighted by Gasteiger charge is -1.79. The van der Waals surface area contributed by atoms with Crippen LogP contribution in [-0.2, 0) is 11.2 Å². The fraction of sp³-hybridized carbons (Fsp3) is 0.167. The van der Waals surface area contributed by atoms with Crippen molar-refractivity contribution in [1.29, 1.82) is 0 Å². The Hall–Kier alpha value is -1.05. The molecule has 1 aromatic rings. The average Bonchev–Trinajstić information content (AvgIpc) is 2.19. The molecule has 0 saturated carbocycles. The summed E-state index contributed by atoms with van der Waals surface area (Å²) >= 11 is 0. The molecule has 0 spiro atoms. The fourth-order valence-electron chi connectivity index (χ4n) is 0.555. The Morgan fingerprint density at radius 3 is 3.12 bits per heavy atom. The first-order valence-corrected chi connectivity index (χ1v) is 2.41. The summed E-state index contributed by atoms with van der Waals surface area (Å²) in [5.74, 6) is 0. The van der Waals surface area contributed by atoms with Crippen LogP contribution in [0.15, 0.2) is 18.3 Å². The first-order chi connectivity index (χ1) is 3.93. The van der Waals surface area contributed by atoms with Crippen LogP contribution in [-0.4, -0.2) is 11.3 Å². The van der Waals surface area contributed by atoms with Crippen LogP contribution in [0, 0.1) is 0 Å². The molecule has 2 nitrogen and oxygen atoms in total. The molecule has 0 atom stereocenters. The molecular weight excluding hydrogens is 102 g/mol. The van der Waals surface area contributed by atoms with Gasteiger partial charge in [-0.15, -0.1) is 0 Å². The predicted octanol–water partition coefficient (Wildman–Crippen LogP) is 0.667. The summed E-state index contributed by atoms with van der Waals surface area (Å²) in [6.45, 7) is 0. The third-order valence-corrected chi connectivity index (χ3v) is 0.925. The third-order valence-electron chi connectivity index (χ3n) is 0.925. The number of aromatic nitrogens is 1. The van der Waals surface area contributed by atoms with Gasteiger partial charge < -0.3 is 4.98 Å². The summed E-state index contributed by atoms with van der Waals surface area (Å²) in [7, 11) is 0. The molecular formula is C6H6NO. The summed E-state index contributed by atoms with van der Waals surface area (Å²) in [5.41, 5.74) is 0.917. The highest BCUT2D eigenvalue weighted by Crippen LogP contribution is 1.91. The quantitative estimate of drug-likeness (QED) is 0.593. The van der Waals surface area contributed by atoms with Gasteiger partial charge in [0.15, 0.2) is 0 Å². The molecule has 0 fully saturated rings. The molecule has 1 N–H and O–H groups in total. The Bertz CT molecular complexity index is 155. The van der Waals surface area contributed by atoms with E-state index in [-0.39, 0.29) is 0 Å². The molecule has 1 radical (unpaired) electrons. The van der Waals surface area contributed by atoms with Crippen LogP contribution in [0.25, 0.3) is 0 Å². The van der Waals surface area contributed by atoms with E-state index in [1.54, 1.807) is 12.5 Å². The molecule has 0 bridgehead atoms. The van der Waals surface area contributed by atoms with Crippen molar-refractivity contribution in [3.63, 3.8) is 0 Å². The monoisotopic (exact) mass is 108 g/mol. The van der Waals surface area contributed by atoms with Gasteiger partial charge in [-0.1, -0.05) is 0 Å². The van der Waals surface area contributed by atoms with Crippen molar-refractivity contribution in [3.05, 3.63) is 24.0 Å². The van der Waals surface area contributed by atoms with Crippen molar-refractivity contribution in [2.75, 3.05) is 0 Å². The first kappa shape index (κ1) is 5.09. The maximum Gasteiger partial charge on any atom is 0.204 e. The van der Waals surface area contributed by atoms with Gasteiger partial charge in [0.05, 0.1) is 6.42 Å². The molecule has 1 aromatic heterocycles. The number of aromatic amines is 1. The van der Waals surface area contributed by atoms with Gasteiger partial charge in [-0.25, -0.2) is 0 Å². The highest BCUT2D eigenvalue weighted by atomic mass is 16.1. The summed E-state index contributed by atoms with van der Waals surface area (Å²) in [5, 5.41) is 0. The van der Waals surface area contributed by atoms with E-state index in [0.717, 1.165) is 5.69 Å². The second-order valence-corrected chi connectivity index (χ2v) is 1.52. The van der Waals surface area contributed by atoms with Gasteiger partial charge >= 0.3 is 0 Å². The summed E-state index contributed by atoms with van der Waals surface area (Å²) < 4.78 is 0. The van der Waals surface area contributed by atoms with Crippen LogP contribution in [0.5, 0.6) is 0 Å². The van der Waals surface area contributed by atoms with Gasteiger partial charge in [-0.3, -0.25) is 4.79 Å². The molecule has 0 unspecified atom stereocenters. The van der Waals surface area contributed by atoms with Gasteiger partial charge in [0, 0.05) is 11.9 Å². The zero-order valence-corrected chi connectivity index (χ0v) is 4.35. The van der Waals surface area contributed by atoms with Gasteiger partial charge in [0.2, 0.25) is 6.29 Å². The van der Waals surface area contributed by atoms with E-state index in [1.165, 1.54) is 0 Å². The molecule has 41 valence electrons. The first-order valence-electron chi connectivity index (χ1n) is 2.41. The van der Waals surface area contributed by atoms with Gasteiger partial charge in [-0.05, 0) is 12.1 Å². The van der Waals surface area contributed by atoms with Crippen LogP contribution in [0.1, 0.15) is 5.69 Å². The number of rotatable bonds is 2. The van der Waals surface area contributed by atoms with E-state index >= 15 is 0 Å². The lowest BCUT2D eigenvalue weighted by Crippen LogP contribution is -1.82. The topological polar surface area (TPSA) is 32.9 Å². The van der Waals surface area contributed by atoms with E-state index < -0.39 is 0 Å². The standard InChI is InChI=1S/C6H6NO/c8-5-3-6-2-1-4-7-6/h1-2,4,7H,3H2. The zero-order chi connectivity index (χ0) is 5.82. The van der Waals surface area contributed by atoms with E-state index in [0.29, 0.717) is 6.42 Å². The van der Waals surface area contributed by atoms with Crippen molar-refractivity contribution >= 4 is 6.29 Å². The molecule has 1 heterocycles. The molecule has 0 amide bonds. The maximum atomic E-state index is 9.73. The van der Waals surface area contributed by atoms with Crippen LogP contribution >= 0.6 is 0 Å². The molecule has 0 aliphatic rings. The van der Waals surface area contributed by atoms with E-state index in [1.807, 2.05) is 12.1 Å². The van der Waals surface area contributed by atoms with Gasteiger partial charge in [0.1, 0.15) is 0 Å². The van der Waals surface area contributed by atoms with Crippen molar-refractivity contribution < 1.29 is 4.79 Å². The lowest BCUT2D eigenvalue weighted by atomic mass is 10.3. The highest BCUT2D eigenvalue weighted by molar-refractivity contribution is 5.54. The Kier molecular flexibility index (Phi) is 1.47. The van der Waals surface area contributed by atoms with Crippen LogP contribution in [0.2, 0.25) is 0 Å². The van der Waals surface area contributed by atoms with Gasteiger partial charge in [0.25, 0.3) is 0 Å². The molecule has 0 aromatic carbocycles. The van der Waals surface area contributed by atoms with Crippen molar-refractivity contribution in [1.82, 2.24) is 4.98 Å². The predicted molar refractivity (Wildman–Crippen MR) is 30.2 cm³/mol. The number of hydrogen-bond acceptors (Lipinski definition) is 1. The van der Waals surface area contributed by atoms with E-state index in [9.17, 15) is 4.79 Å². The van der Waals surface area contributed by atoms with Crippen molar-refractivity contribution in [2.24, 2.45) is 0 Å². The smallest absolute Gasteiger partial charge is 0.204 e. The van der Waals surface area contributed by atoms with E-state index in [2.05, 4.69) is 4.98 Å².